The highest BCUT2D eigenvalue weighted by Crippen LogP contribution is 2.22. The highest BCUT2D eigenvalue weighted by Gasteiger charge is 2.24. The van der Waals surface area contributed by atoms with Crippen LogP contribution in [0.4, 0.5) is 5.82 Å². The average Bonchev–Trinajstić information content (AvgIpc) is 2.31. The van der Waals surface area contributed by atoms with Gasteiger partial charge >= 0.3 is 0 Å². The van der Waals surface area contributed by atoms with E-state index < -0.39 is 0 Å². The summed E-state index contributed by atoms with van der Waals surface area (Å²) in [5, 5.41) is 7.22. The number of nitrogens with one attached hydrogen (secondary N) is 2. The van der Waals surface area contributed by atoms with Crippen LogP contribution in [0.2, 0.25) is 0 Å². The third kappa shape index (κ3) is 4.30. The maximum Gasteiger partial charge on any atom is 0.126 e. The van der Waals surface area contributed by atoms with E-state index in [2.05, 4.69) is 36.4 Å². The average molecular weight is 247 g/mol. The lowest BCUT2D eigenvalue weighted by atomic mass is 9.89. The van der Waals surface area contributed by atoms with Crippen LogP contribution in [-0.2, 0) is 0 Å². The van der Waals surface area contributed by atoms with Crippen molar-refractivity contribution >= 4 is 5.82 Å². The Kier molecular flexibility index (Phi) is 4.23. The van der Waals surface area contributed by atoms with Gasteiger partial charge in [0.05, 0.1) is 0 Å². The summed E-state index contributed by atoms with van der Waals surface area (Å²) in [6, 6.07) is 7.28. The monoisotopic (exact) mass is 247 g/mol. The lowest BCUT2D eigenvalue weighted by molar-refractivity contribution is 0.286. The molecule has 100 valence electrons. The summed E-state index contributed by atoms with van der Waals surface area (Å²) in [5.74, 6) is 1.00. The Morgan fingerprint density at radius 1 is 1.06 bits per heavy atom. The molecule has 0 bridgehead atoms. The molecule has 1 saturated carbocycles. The topological polar surface area (TPSA) is 37.0 Å². The lowest BCUT2D eigenvalue weighted by Crippen LogP contribution is -2.46. The minimum Gasteiger partial charge on any atom is -0.367 e. The summed E-state index contributed by atoms with van der Waals surface area (Å²) in [6.45, 7) is 6.72. The van der Waals surface area contributed by atoms with Gasteiger partial charge in [0, 0.05) is 23.8 Å². The zero-order valence-electron chi connectivity index (χ0n) is 11.7. The van der Waals surface area contributed by atoms with Gasteiger partial charge in [-0.15, -0.1) is 0 Å². The summed E-state index contributed by atoms with van der Waals surface area (Å²) in [5.41, 5.74) is 0.228. The van der Waals surface area contributed by atoms with Crippen LogP contribution in [-0.4, -0.2) is 22.6 Å². The standard InChI is InChI=1S/C15H25N3/c1-15(2,3)18-13-9-7-12(8-10-13)17-14-6-4-5-11-16-14/h4-6,11-13,18H,7-10H2,1-3H3,(H,16,17). The van der Waals surface area contributed by atoms with Gasteiger partial charge in [0.15, 0.2) is 0 Å². The predicted molar refractivity (Wildman–Crippen MR) is 76.8 cm³/mol. The molecule has 1 aliphatic carbocycles. The Morgan fingerprint density at radius 2 is 1.72 bits per heavy atom. The minimum atomic E-state index is 0.228. The number of hydrogen-bond donors (Lipinski definition) is 2. The fourth-order valence-electron chi connectivity index (χ4n) is 2.65. The third-order valence-corrected chi connectivity index (χ3v) is 3.38. The number of aromatic nitrogens is 1. The van der Waals surface area contributed by atoms with Crippen molar-refractivity contribution in [3.8, 4) is 0 Å². The number of nitrogens with zero attached hydrogens (tertiary/aromatic N) is 1. The fraction of sp³-hybridized carbons (Fsp3) is 0.667. The van der Waals surface area contributed by atoms with Crippen molar-refractivity contribution in [3.63, 3.8) is 0 Å². The van der Waals surface area contributed by atoms with Gasteiger partial charge in [-0.25, -0.2) is 4.98 Å². The third-order valence-electron chi connectivity index (χ3n) is 3.38. The van der Waals surface area contributed by atoms with Crippen LogP contribution < -0.4 is 10.6 Å². The van der Waals surface area contributed by atoms with Crippen molar-refractivity contribution in [1.29, 1.82) is 0 Å². The van der Waals surface area contributed by atoms with E-state index in [0.717, 1.165) is 5.82 Å². The molecule has 0 aromatic carbocycles. The Hall–Kier alpha value is -1.09. The first-order chi connectivity index (χ1) is 8.53. The summed E-state index contributed by atoms with van der Waals surface area (Å²) in [6.07, 6.45) is 6.80. The molecule has 0 radical (unpaired) electrons. The van der Waals surface area contributed by atoms with E-state index >= 15 is 0 Å². The second-order valence-electron chi connectivity index (χ2n) is 6.30. The molecule has 1 aromatic rings. The van der Waals surface area contributed by atoms with Gasteiger partial charge in [-0.1, -0.05) is 6.07 Å². The Morgan fingerprint density at radius 3 is 2.28 bits per heavy atom. The Labute approximate surface area is 110 Å². The van der Waals surface area contributed by atoms with E-state index in [1.807, 2.05) is 24.4 Å². The molecule has 1 aromatic heterocycles. The van der Waals surface area contributed by atoms with Gasteiger partial charge in [-0.2, -0.15) is 0 Å². The summed E-state index contributed by atoms with van der Waals surface area (Å²) < 4.78 is 0. The molecule has 0 spiro atoms. The van der Waals surface area contributed by atoms with Gasteiger partial charge in [0.2, 0.25) is 0 Å². The highest BCUT2D eigenvalue weighted by molar-refractivity contribution is 5.34. The SMILES string of the molecule is CC(C)(C)NC1CCC(Nc2ccccn2)CC1. The second-order valence-corrected chi connectivity index (χ2v) is 6.30. The van der Waals surface area contributed by atoms with Crippen LogP contribution in [0, 0.1) is 0 Å². The zero-order chi connectivity index (χ0) is 13.0. The normalized spacial score (nSPS) is 24.8. The smallest absolute Gasteiger partial charge is 0.126 e. The summed E-state index contributed by atoms with van der Waals surface area (Å²) in [7, 11) is 0. The predicted octanol–water partition coefficient (Wildman–Crippen LogP) is 3.19. The molecule has 3 nitrogen and oxygen atoms in total. The van der Waals surface area contributed by atoms with Crippen LogP contribution in [0.15, 0.2) is 24.4 Å². The first-order valence-corrected chi connectivity index (χ1v) is 6.98. The molecule has 18 heavy (non-hydrogen) atoms. The van der Waals surface area contributed by atoms with Gasteiger partial charge in [0.1, 0.15) is 5.82 Å². The molecule has 3 heteroatoms. The highest BCUT2D eigenvalue weighted by atomic mass is 15.0. The number of anilines is 1. The fourth-order valence-corrected chi connectivity index (χ4v) is 2.65. The lowest BCUT2D eigenvalue weighted by Gasteiger charge is -2.34. The number of rotatable bonds is 3. The first-order valence-electron chi connectivity index (χ1n) is 6.98. The quantitative estimate of drug-likeness (QED) is 0.861. The maximum atomic E-state index is 4.32. The van der Waals surface area contributed by atoms with Crippen molar-refractivity contribution in [1.82, 2.24) is 10.3 Å². The van der Waals surface area contributed by atoms with Crippen LogP contribution in [0.5, 0.6) is 0 Å². The molecule has 0 saturated heterocycles. The van der Waals surface area contributed by atoms with E-state index in [1.165, 1.54) is 25.7 Å². The van der Waals surface area contributed by atoms with Crippen LogP contribution in [0.25, 0.3) is 0 Å². The molecule has 1 aliphatic rings. The minimum absolute atomic E-state index is 0.228. The Bertz CT molecular complexity index is 348. The van der Waals surface area contributed by atoms with Crippen LogP contribution >= 0.6 is 0 Å². The molecule has 1 fully saturated rings. The largest absolute Gasteiger partial charge is 0.367 e. The molecule has 0 unspecified atom stereocenters. The van der Waals surface area contributed by atoms with Crippen molar-refractivity contribution < 1.29 is 0 Å². The molecule has 0 atom stereocenters. The van der Waals surface area contributed by atoms with Gasteiger partial charge in [-0.05, 0) is 58.6 Å². The van der Waals surface area contributed by atoms with E-state index in [4.69, 9.17) is 0 Å². The van der Waals surface area contributed by atoms with Crippen LogP contribution in [0.1, 0.15) is 46.5 Å². The van der Waals surface area contributed by atoms with E-state index in [9.17, 15) is 0 Å². The molecule has 0 amide bonds. The van der Waals surface area contributed by atoms with Crippen molar-refractivity contribution in [2.45, 2.75) is 64.1 Å². The molecule has 2 rings (SSSR count). The first kappa shape index (κ1) is 13.3. The second kappa shape index (κ2) is 5.70. The van der Waals surface area contributed by atoms with Crippen molar-refractivity contribution in [2.24, 2.45) is 0 Å². The molecule has 1 heterocycles. The molecular formula is C15H25N3. The van der Waals surface area contributed by atoms with Gasteiger partial charge in [-0.3, -0.25) is 0 Å². The summed E-state index contributed by atoms with van der Waals surface area (Å²) in [4.78, 5) is 4.32. The van der Waals surface area contributed by atoms with Gasteiger partial charge < -0.3 is 10.6 Å². The zero-order valence-corrected chi connectivity index (χ0v) is 11.7. The van der Waals surface area contributed by atoms with E-state index in [1.54, 1.807) is 0 Å². The van der Waals surface area contributed by atoms with Crippen molar-refractivity contribution in [2.75, 3.05) is 5.32 Å². The molecule has 0 aliphatic heterocycles. The van der Waals surface area contributed by atoms with Gasteiger partial charge in [0.25, 0.3) is 0 Å². The van der Waals surface area contributed by atoms with E-state index in [0.29, 0.717) is 12.1 Å². The Balaban J connectivity index is 1.77. The number of pyridine rings is 1. The van der Waals surface area contributed by atoms with Crippen LogP contribution in [0.3, 0.4) is 0 Å². The molecule has 2 N–H and O–H groups in total. The maximum absolute atomic E-state index is 4.32. The molecular weight excluding hydrogens is 222 g/mol. The van der Waals surface area contributed by atoms with E-state index in [-0.39, 0.29) is 5.54 Å². The van der Waals surface area contributed by atoms with Crippen molar-refractivity contribution in [3.05, 3.63) is 24.4 Å². The number of hydrogen-bond acceptors (Lipinski definition) is 3. The summed E-state index contributed by atoms with van der Waals surface area (Å²) >= 11 is 0.